The quantitative estimate of drug-likeness (QED) is 0.697. The summed E-state index contributed by atoms with van der Waals surface area (Å²) >= 11 is 0. The van der Waals surface area contributed by atoms with E-state index in [2.05, 4.69) is 9.97 Å². The SMILES string of the molecule is O=C(O)c1ccc2c(F)c[nH]c2n1. The summed E-state index contributed by atoms with van der Waals surface area (Å²) in [5, 5.41) is 8.88. The first-order valence-corrected chi connectivity index (χ1v) is 3.55. The fraction of sp³-hybridized carbons (Fsp3) is 0. The Hall–Kier alpha value is -1.91. The van der Waals surface area contributed by atoms with Gasteiger partial charge in [-0.1, -0.05) is 0 Å². The van der Waals surface area contributed by atoms with Crippen LogP contribution in [0.3, 0.4) is 0 Å². The minimum absolute atomic E-state index is 0.102. The van der Waals surface area contributed by atoms with Gasteiger partial charge in [0.05, 0.1) is 5.39 Å². The number of aromatic nitrogens is 2. The Morgan fingerprint density at radius 2 is 2.31 bits per heavy atom. The number of aromatic amines is 1. The van der Waals surface area contributed by atoms with Gasteiger partial charge >= 0.3 is 5.97 Å². The molecular formula is C8H5FN2O2. The van der Waals surface area contributed by atoms with Crippen LogP contribution < -0.4 is 0 Å². The van der Waals surface area contributed by atoms with E-state index in [-0.39, 0.29) is 11.3 Å². The number of hydrogen-bond donors (Lipinski definition) is 2. The summed E-state index contributed by atoms with van der Waals surface area (Å²) in [6.07, 6.45) is 1.14. The number of carboxylic acid groups (broad SMARTS) is 1. The van der Waals surface area contributed by atoms with Crippen molar-refractivity contribution >= 4 is 17.0 Å². The third-order valence-corrected chi connectivity index (χ3v) is 1.71. The number of nitrogens with one attached hydrogen (secondary N) is 1. The van der Waals surface area contributed by atoms with Gasteiger partial charge in [0.15, 0.2) is 5.69 Å². The number of carbonyl (C=O) groups is 1. The zero-order valence-corrected chi connectivity index (χ0v) is 6.41. The molecule has 2 aromatic rings. The minimum Gasteiger partial charge on any atom is -0.477 e. The largest absolute Gasteiger partial charge is 0.477 e. The second-order valence-corrected chi connectivity index (χ2v) is 2.53. The van der Waals surface area contributed by atoms with Gasteiger partial charge in [0.2, 0.25) is 0 Å². The molecule has 0 radical (unpaired) electrons. The molecule has 2 heterocycles. The Balaban J connectivity index is 2.70. The van der Waals surface area contributed by atoms with Gasteiger partial charge in [-0.3, -0.25) is 0 Å². The van der Waals surface area contributed by atoms with Crippen molar-refractivity contribution in [1.82, 2.24) is 9.97 Å². The lowest BCUT2D eigenvalue weighted by Gasteiger charge is -1.92. The number of H-pyrrole nitrogens is 1. The van der Waals surface area contributed by atoms with Gasteiger partial charge in [-0.15, -0.1) is 0 Å². The molecule has 0 aromatic carbocycles. The fourth-order valence-corrected chi connectivity index (χ4v) is 1.09. The maximum absolute atomic E-state index is 12.9. The van der Waals surface area contributed by atoms with Crippen molar-refractivity contribution in [2.45, 2.75) is 0 Å². The summed E-state index contributed by atoms with van der Waals surface area (Å²) in [4.78, 5) is 16.7. The third kappa shape index (κ3) is 1.14. The number of fused-ring (bicyclic) bond motifs is 1. The average Bonchev–Trinajstić information content (AvgIpc) is 2.47. The molecule has 0 unspecified atom stereocenters. The number of pyridine rings is 1. The van der Waals surface area contributed by atoms with Gasteiger partial charge < -0.3 is 10.1 Å². The number of nitrogens with zero attached hydrogens (tertiary/aromatic N) is 1. The molecule has 66 valence electrons. The van der Waals surface area contributed by atoms with E-state index in [0.717, 1.165) is 6.20 Å². The Kier molecular flexibility index (Phi) is 1.51. The van der Waals surface area contributed by atoms with Crippen LogP contribution in [0.25, 0.3) is 11.0 Å². The molecular weight excluding hydrogens is 175 g/mol. The summed E-state index contributed by atoms with van der Waals surface area (Å²) < 4.78 is 12.9. The van der Waals surface area contributed by atoms with E-state index in [9.17, 15) is 9.18 Å². The first-order valence-electron chi connectivity index (χ1n) is 3.55. The Morgan fingerprint density at radius 1 is 1.54 bits per heavy atom. The number of halogens is 1. The van der Waals surface area contributed by atoms with Crippen molar-refractivity contribution in [3.63, 3.8) is 0 Å². The average molecular weight is 180 g/mol. The van der Waals surface area contributed by atoms with Gasteiger partial charge in [-0.05, 0) is 12.1 Å². The van der Waals surface area contributed by atoms with Crippen molar-refractivity contribution in [2.24, 2.45) is 0 Å². The van der Waals surface area contributed by atoms with Crippen LogP contribution in [0.5, 0.6) is 0 Å². The van der Waals surface area contributed by atoms with Crippen LogP contribution in [-0.4, -0.2) is 21.0 Å². The van der Waals surface area contributed by atoms with Crippen molar-refractivity contribution in [1.29, 1.82) is 0 Å². The summed E-state index contributed by atoms with van der Waals surface area (Å²) in [5.74, 6) is -1.56. The predicted molar refractivity (Wildman–Crippen MR) is 43.0 cm³/mol. The predicted octanol–water partition coefficient (Wildman–Crippen LogP) is 1.40. The first-order chi connectivity index (χ1) is 6.18. The smallest absolute Gasteiger partial charge is 0.354 e. The molecule has 0 aliphatic rings. The highest BCUT2D eigenvalue weighted by atomic mass is 19.1. The van der Waals surface area contributed by atoms with E-state index in [0.29, 0.717) is 5.39 Å². The number of aromatic carboxylic acids is 1. The fourth-order valence-electron chi connectivity index (χ4n) is 1.09. The van der Waals surface area contributed by atoms with Gasteiger partial charge in [0.1, 0.15) is 11.5 Å². The molecule has 0 saturated heterocycles. The van der Waals surface area contributed by atoms with Gasteiger partial charge in [-0.2, -0.15) is 0 Å². The first kappa shape index (κ1) is 7.72. The van der Waals surface area contributed by atoms with Gasteiger partial charge in [-0.25, -0.2) is 14.2 Å². The van der Waals surface area contributed by atoms with Crippen molar-refractivity contribution in [3.8, 4) is 0 Å². The van der Waals surface area contributed by atoms with E-state index in [1.165, 1.54) is 12.1 Å². The monoisotopic (exact) mass is 180 g/mol. The molecule has 0 aliphatic carbocycles. The normalized spacial score (nSPS) is 10.5. The zero-order chi connectivity index (χ0) is 9.42. The molecule has 13 heavy (non-hydrogen) atoms. The molecule has 2 N–H and O–H groups in total. The summed E-state index contributed by atoms with van der Waals surface area (Å²) in [5.41, 5.74) is 0.145. The molecule has 0 atom stereocenters. The lowest BCUT2D eigenvalue weighted by Crippen LogP contribution is -1.99. The number of hydrogen-bond acceptors (Lipinski definition) is 2. The Morgan fingerprint density at radius 3 is 3.00 bits per heavy atom. The summed E-state index contributed by atoms with van der Waals surface area (Å²) in [7, 11) is 0. The summed E-state index contributed by atoms with van der Waals surface area (Å²) in [6.45, 7) is 0. The van der Waals surface area contributed by atoms with Gasteiger partial charge in [0, 0.05) is 6.20 Å². The number of carboxylic acids is 1. The zero-order valence-electron chi connectivity index (χ0n) is 6.41. The van der Waals surface area contributed by atoms with Crippen LogP contribution in [0.15, 0.2) is 18.3 Å². The van der Waals surface area contributed by atoms with Crippen molar-refractivity contribution in [3.05, 3.63) is 29.8 Å². The van der Waals surface area contributed by atoms with Crippen molar-refractivity contribution < 1.29 is 14.3 Å². The van der Waals surface area contributed by atoms with Crippen LogP contribution in [-0.2, 0) is 0 Å². The standard InChI is InChI=1S/C8H5FN2O2/c9-5-3-10-7-4(5)1-2-6(11-7)8(12)13/h1-3H,(H,10,11)(H,12,13). The maximum atomic E-state index is 12.9. The lowest BCUT2D eigenvalue weighted by atomic mass is 10.3. The van der Waals surface area contributed by atoms with Crippen molar-refractivity contribution in [2.75, 3.05) is 0 Å². The molecule has 2 rings (SSSR count). The highest BCUT2D eigenvalue weighted by Gasteiger charge is 2.08. The second kappa shape index (κ2) is 2.55. The van der Waals surface area contributed by atoms with Crippen LogP contribution in [0.4, 0.5) is 4.39 Å². The molecule has 0 saturated carbocycles. The van der Waals surface area contributed by atoms with E-state index in [4.69, 9.17) is 5.11 Å². The molecule has 4 nitrogen and oxygen atoms in total. The van der Waals surface area contributed by atoms with E-state index >= 15 is 0 Å². The van der Waals surface area contributed by atoms with E-state index < -0.39 is 11.8 Å². The molecule has 5 heteroatoms. The Bertz CT molecular complexity index is 478. The molecule has 2 aromatic heterocycles. The van der Waals surface area contributed by atoms with Crippen LogP contribution in [0.1, 0.15) is 10.5 Å². The van der Waals surface area contributed by atoms with Crippen LogP contribution in [0, 0.1) is 5.82 Å². The minimum atomic E-state index is -1.13. The van der Waals surface area contributed by atoms with Crippen LogP contribution in [0.2, 0.25) is 0 Å². The molecule has 0 bridgehead atoms. The summed E-state index contributed by atoms with van der Waals surface area (Å²) in [6, 6.07) is 2.65. The van der Waals surface area contributed by atoms with Crippen LogP contribution >= 0.6 is 0 Å². The maximum Gasteiger partial charge on any atom is 0.354 e. The second-order valence-electron chi connectivity index (χ2n) is 2.53. The highest BCUT2D eigenvalue weighted by molar-refractivity contribution is 5.88. The lowest BCUT2D eigenvalue weighted by molar-refractivity contribution is 0.0691. The Labute approximate surface area is 72.0 Å². The van der Waals surface area contributed by atoms with Gasteiger partial charge in [0.25, 0.3) is 0 Å². The molecule has 0 aliphatic heterocycles. The third-order valence-electron chi connectivity index (χ3n) is 1.71. The molecule has 0 fully saturated rings. The van der Waals surface area contributed by atoms with E-state index in [1.54, 1.807) is 0 Å². The molecule has 0 spiro atoms. The molecule has 0 amide bonds. The topological polar surface area (TPSA) is 66.0 Å². The van der Waals surface area contributed by atoms with E-state index in [1.807, 2.05) is 0 Å². The highest BCUT2D eigenvalue weighted by Crippen LogP contribution is 2.14. The number of rotatable bonds is 1.